The summed E-state index contributed by atoms with van der Waals surface area (Å²) in [5, 5.41) is 2.65. The molecule has 2 rings (SSSR count). The van der Waals surface area contributed by atoms with Crippen molar-refractivity contribution in [1.29, 1.82) is 0 Å². The summed E-state index contributed by atoms with van der Waals surface area (Å²) in [7, 11) is 3.05. The zero-order valence-electron chi connectivity index (χ0n) is 15.4. The highest BCUT2D eigenvalue weighted by Gasteiger charge is 2.20. The van der Waals surface area contributed by atoms with Crippen LogP contribution < -0.4 is 14.8 Å². The van der Waals surface area contributed by atoms with Gasteiger partial charge in [0.05, 0.1) is 20.8 Å². The van der Waals surface area contributed by atoms with E-state index in [-0.39, 0.29) is 29.9 Å². The van der Waals surface area contributed by atoms with Gasteiger partial charge < -0.3 is 24.1 Å². The van der Waals surface area contributed by atoms with Crippen molar-refractivity contribution in [3.8, 4) is 11.5 Å². The third-order valence-corrected chi connectivity index (χ3v) is 3.72. The van der Waals surface area contributed by atoms with Crippen molar-refractivity contribution < 1.29 is 23.5 Å². The predicted molar refractivity (Wildman–Crippen MR) is 94.5 cm³/mol. The van der Waals surface area contributed by atoms with E-state index in [4.69, 9.17) is 13.9 Å². The third-order valence-electron chi connectivity index (χ3n) is 3.72. The molecule has 0 radical (unpaired) electrons. The number of nitrogens with zero attached hydrogens (tertiary/aromatic N) is 2. The molecule has 2 amide bonds. The summed E-state index contributed by atoms with van der Waals surface area (Å²) in [4.78, 5) is 30.3. The van der Waals surface area contributed by atoms with Crippen LogP contribution in [0.25, 0.3) is 0 Å². The molecule has 0 fully saturated rings. The Morgan fingerprint density at radius 1 is 1.15 bits per heavy atom. The summed E-state index contributed by atoms with van der Waals surface area (Å²) in [6.07, 6.45) is 1.28. The van der Waals surface area contributed by atoms with Gasteiger partial charge in [-0.15, -0.1) is 0 Å². The van der Waals surface area contributed by atoms with Gasteiger partial charge in [0, 0.05) is 24.7 Å². The number of ether oxygens (including phenoxy) is 2. The molecule has 0 aliphatic carbocycles. The minimum Gasteiger partial charge on any atom is -0.497 e. The molecular weight excluding hydrogens is 338 g/mol. The van der Waals surface area contributed by atoms with Gasteiger partial charge in [0.15, 0.2) is 5.69 Å². The van der Waals surface area contributed by atoms with Crippen LogP contribution in [0.4, 0.5) is 0 Å². The Kier molecular flexibility index (Phi) is 6.60. The van der Waals surface area contributed by atoms with Crippen molar-refractivity contribution in [3.05, 3.63) is 41.6 Å². The van der Waals surface area contributed by atoms with Crippen molar-refractivity contribution in [2.24, 2.45) is 0 Å². The van der Waals surface area contributed by atoms with Crippen LogP contribution in [0.3, 0.4) is 0 Å². The lowest BCUT2D eigenvalue weighted by Crippen LogP contribution is -2.30. The van der Waals surface area contributed by atoms with Crippen molar-refractivity contribution in [1.82, 2.24) is 15.2 Å². The zero-order chi connectivity index (χ0) is 19.1. The molecule has 1 N–H and O–H groups in total. The number of oxazole rings is 1. The molecule has 0 bridgehead atoms. The fraction of sp³-hybridized carbons (Fsp3) is 0.389. The molecule has 0 unspecified atom stereocenters. The van der Waals surface area contributed by atoms with E-state index >= 15 is 0 Å². The molecule has 8 heteroatoms. The lowest BCUT2D eigenvalue weighted by Gasteiger charge is -2.19. The van der Waals surface area contributed by atoms with Gasteiger partial charge in [0.2, 0.25) is 5.89 Å². The first kappa shape index (κ1) is 19.3. The van der Waals surface area contributed by atoms with E-state index in [1.54, 1.807) is 23.1 Å². The Morgan fingerprint density at radius 2 is 1.81 bits per heavy atom. The predicted octanol–water partition coefficient (Wildman–Crippen LogP) is 2.10. The van der Waals surface area contributed by atoms with Gasteiger partial charge in [-0.3, -0.25) is 9.59 Å². The lowest BCUT2D eigenvalue weighted by molar-refractivity contribution is 0.0737. The standard InChI is InChI=1S/C18H23N3O5/c1-5-19-17(22)15-11-26-16(20-15)10-21(6-2)18(23)12-7-13(24-3)9-14(8-12)25-4/h7-9,11H,5-6,10H2,1-4H3,(H,19,22). The van der Waals surface area contributed by atoms with E-state index in [0.29, 0.717) is 30.2 Å². The van der Waals surface area contributed by atoms with Gasteiger partial charge in [0.25, 0.3) is 11.8 Å². The number of carbonyl (C=O) groups is 2. The molecular formula is C18H23N3O5. The number of methoxy groups -OCH3 is 2. The minimum absolute atomic E-state index is 0.147. The number of rotatable bonds is 8. The summed E-state index contributed by atoms with van der Waals surface area (Å²) in [6.45, 7) is 4.76. The van der Waals surface area contributed by atoms with Crippen LogP contribution in [0, 0.1) is 0 Å². The van der Waals surface area contributed by atoms with Crippen LogP contribution in [-0.4, -0.2) is 49.0 Å². The maximum Gasteiger partial charge on any atom is 0.273 e. The number of aromatic nitrogens is 1. The normalized spacial score (nSPS) is 10.3. The Balaban J connectivity index is 2.18. The largest absolute Gasteiger partial charge is 0.497 e. The number of nitrogens with one attached hydrogen (secondary N) is 1. The Morgan fingerprint density at radius 3 is 2.35 bits per heavy atom. The number of hydrogen-bond donors (Lipinski definition) is 1. The van der Waals surface area contributed by atoms with Crippen LogP contribution in [-0.2, 0) is 6.54 Å². The Bertz CT molecular complexity index is 750. The van der Waals surface area contributed by atoms with E-state index in [1.165, 1.54) is 20.5 Å². The first-order valence-corrected chi connectivity index (χ1v) is 8.27. The summed E-state index contributed by atoms with van der Waals surface area (Å²) in [6, 6.07) is 4.98. The lowest BCUT2D eigenvalue weighted by atomic mass is 10.1. The number of carbonyl (C=O) groups excluding carboxylic acids is 2. The molecule has 0 aliphatic heterocycles. The topological polar surface area (TPSA) is 93.9 Å². The molecule has 2 aromatic rings. The first-order chi connectivity index (χ1) is 12.5. The second-order valence-corrected chi connectivity index (χ2v) is 5.41. The van der Waals surface area contributed by atoms with Crippen LogP contribution in [0.2, 0.25) is 0 Å². The van der Waals surface area contributed by atoms with Crippen molar-refractivity contribution >= 4 is 11.8 Å². The fourth-order valence-corrected chi connectivity index (χ4v) is 2.34. The van der Waals surface area contributed by atoms with Crippen molar-refractivity contribution in [2.75, 3.05) is 27.3 Å². The molecule has 1 heterocycles. The van der Waals surface area contributed by atoms with E-state index in [9.17, 15) is 9.59 Å². The molecule has 0 saturated heterocycles. The maximum absolute atomic E-state index is 12.8. The van der Waals surface area contributed by atoms with Crippen molar-refractivity contribution in [3.63, 3.8) is 0 Å². The average molecular weight is 361 g/mol. The summed E-state index contributed by atoms with van der Waals surface area (Å²) in [5.41, 5.74) is 0.618. The van der Waals surface area contributed by atoms with Gasteiger partial charge in [-0.2, -0.15) is 0 Å². The summed E-state index contributed by atoms with van der Waals surface area (Å²) < 4.78 is 15.7. The molecule has 8 nitrogen and oxygen atoms in total. The van der Waals surface area contributed by atoms with Gasteiger partial charge in [-0.25, -0.2) is 4.98 Å². The first-order valence-electron chi connectivity index (χ1n) is 8.27. The quantitative estimate of drug-likeness (QED) is 0.774. The van der Waals surface area contributed by atoms with Gasteiger partial charge >= 0.3 is 0 Å². The highest BCUT2D eigenvalue weighted by atomic mass is 16.5. The zero-order valence-corrected chi connectivity index (χ0v) is 15.4. The molecule has 1 aromatic carbocycles. The van der Waals surface area contributed by atoms with Crippen LogP contribution >= 0.6 is 0 Å². The van der Waals surface area contributed by atoms with Crippen LogP contribution in [0.1, 0.15) is 40.6 Å². The summed E-state index contributed by atoms with van der Waals surface area (Å²) in [5.74, 6) is 0.810. The second-order valence-electron chi connectivity index (χ2n) is 5.41. The van der Waals surface area contributed by atoms with E-state index in [0.717, 1.165) is 0 Å². The minimum atomic E-state index is -0.311. The van der Waals surface area contributed by atoms with Gasteiger partial charge in [-0.1, -0.05) is 0 Å². The molecule has 0 saturated carbocycles. The highest BCUT2D eigenvalue weighted by Crippen LogP contribution is 2.24. The molecule has 140 valence electrons. The van der Waals surface area contributed by atoms with E-state index in [1.807, 2.05) is 13.8 Å². The number of amides is 2. The molecule has 1 aromatic heterocycles. The van der Waals surface area contributed by atoms with Crippen LogP contribution in [0.15, 0.2) is 28.9 Å². The molecule has 0 aliphatic rings. The van der Waals surface area contributed by atoms with Gasteiger partial charge in [0.1, 0.15) is 17.8 Å². The highest BCUT2D eigenvalue weighted by molar-refractivity contribution is 5.95. The molecule has 0 atom stereocenters. The molecule has 0 spiro atoms. The summed E-state index contributed by atoms with van der Waals surface area (Å²) >= 11 is 0. The van der Waals surface area contributed by atoms with Crippen LogP contribution in [0.5, 0.6) is 11.5 Å². The van der Waals surface area contributed by atoms with Gasteiger partial charge in [-0.05, 0) is 26.0 Å². The maximum atomic E-state index is 12.8. The smallest absolute Gasteiger partial charge is 0.273 e. The number of benzene rings is 1. The SMILES string of the molecule is CCNC(=O)c1coc(CN(CC)C(=O)c2cc(OC)cc(OC)c2)n1. The van der Waals surface area contributed by atoms with Crippen molar-refractivity contribution in [2.45, 2.75) is 20.4 Å². The van der Waals surface area contributed by atoms with E-state index < -0.39 is 0 Å². The third kappa shape index (κ3) is 4.53. The Hall–Kier alpha value is -3.03. The monoisotopic (exact) mass is 361 g/mol. The average Bonchev–Trinajstić information content (AvgIpc) is 3.14. The number of hydrogen-bond acceptors (Lipinski definition) is 6. The second kappa shape index (κ2) is 8.89. The fourth-order valence-electron chi connectivity index (χ4n) is 2.34. The Labute approximate surface area is 152 Å². The van der Waals surface area contributed by atoms with E-state index in [2.05, 4.69) is 10.3 Å². The molecule has 26 heavy (non-hydrogen) atoms.